The molecule has 2 aliphatic carbocycles. The van der Waals surface area contributed by atoms with E-state index in [4.69, 9.17) is 4.74 Å². The van der Waals surface area contributed by atoms with E-state index < -0.39 is 17.2 Å². The highest BCUT2D eigenvalue weighted by Gasteiger charge is 2.47. The van der Waals surface area contributed by atoms with Crippen LogP contribution in [0.15, 0.2) is 6.20 Å². The second-order valence-corrected chi connectivity index (χ2v) is 8.25. The van der Waals surface area contributed by atoms with E-state index in [1.165, 1.54) is 6.42 Å². The lowest BCUT2D eigenvalue weighted by atomic mass is 9.83. The van der Waals surface area contributed by atoms with Crippen molar-refractivity contribution in [3.05, 3.63) is 11.9 Å². The van der Waals surface area contributed by atoms with E-state index in [1.807, 2.05) is 27.0 Å². The molecule has 1 amide bonds. The molecule has 0 spiro atoms. The second-order valence-electron chi connectivity index (χ2n) is 8.25. The molecule has 2 saturated carbocycles. The minimum Gasteiger partial charge on any atom is -0.444 e. The van der Waals surface area contributed by atoms with Gasteiger partial charge in [0.05, 0.1) is 18.3 Å². The molecule has 1 heterocycles. The van der Waals surface area contributed by atoms with Crippen LogP contribution in [0.25, 0.3) is 0 Å². The molecule has 0 bridgehead atoms. The second kappa shape index (κ2) is 6.66. The first-order valence-corrected chi connectivity index (χ1v) is 9.16. The zero-order valence-electron chi connectivity index (χ0n) is 15.3. The van der Waals surface area contributed by atoms with Gasteiger partial charge in [0.2, 0.25) is 0 Å². The van der Waals surface area contributed by atoms with Crippen molar-refractivity contribution in [1.29, 1.82) is 5.26 Å². The summed E-state index contributed by atoms with van der Waals surface area (Å²) in [6.07, 6.45) is 8.67. The van der Waals surface area contributed by atoms with Crippen LogP contribution in [-0.4, -0.2) is 26.7 Å². The first-order chi connectivity index (χ1) is 11.8. The van der Waals surface area contributed by atoms with Crippen LogP contribution in [0.5, 0.6) is 0 Å². The number of aromatic nitrogens is 3. The molecule has 1 atom stereocenters. The Kier molecular flexibility index (Phi) is 4.72. The average molecular weight is 345 g/mol. The summed E-state index contributed by atoms with van der Waals surface area (Å²) in [5.41, 5.74) is -0.356. The van der Waals surface area contributed by atoms with Gasteiger partial charge in [-0.3, -0.25) is 0 Å². The molecule has 0 aromatic carbocycles. The summed E-state index contributed by atoms with van der Waals surface area (Å²) in [5, 5.41) is 20.8. The Balaban J connectivity index is 1.79. The summed E-state index contributed by atoms with van der Waals surface area (Å²) in [6.45, 7) is 5.55. The maximum Gasteiger partial charge on any atom is 0.408 e. The Hall–Kier alpha value is -2.10. The maximum atomic E-state index is 12.3. The van der Waals surface area contributed by atoms with Crippen LogP contribution in [0, 0.1) is 17.2 Å². The van der Waals surface area contributed by atoms with Crippen LogP contribution >= 0.6 is 0 Å². The van der Waals surface area contributed by atoms with Gasteiger partial charge in [0.15, 0.2) is 5.54 Å². The predicted molar refractivity (Wildman–Crippen MR) is 91.5 cm³/mol. The Labute approximate surface area is 148 Å². The summed E-state index contributed by atoms with van der Waals surface area (Å²) in [6, 6.07) is 2.10. The van der Waals surface area contributed by atoms with Gasteiger partial charge in [-0.25, -0.2) is 9.48 Å². The summed E-state index contributed by atoms with van der Waals surface area (Å²) >= 11 is 0. The number of hydrogen-bond donors (Lipinski definition) is 1. The van der Waals surface area contributed by atoms with Gasteiger partial charge in [-0.15, -0.1) is 5.10 Å². The summed E-state index contributed by atoms with van der Waals surface area (Å²) in [7, 11) is 0. The number of carbonyl (C=O) groups excluding carboxylic acids is 1. The van der Waals surface area contributed by atoms with Crippen molar-refractivity contribution in [2.24, 2.45) is 5.92 Å². The standard InChI is InChI=1S/C18H27N5O2/c1-17(2,3)25-16(24)20-15(13-7-5-4-6-8-13)14-11-23(22-21-14)18(12-19)9-10-18/h11,13,15H,4-10H2,1-3H3,(H,20,24)/t15-/m0/s1. The van der Waals surface area contributed by atoms with Gasteiger partial charge in [-0.05, 0) is 52.4 Å². The van der Waals surface area contributed by atoms with Gasteiger partial charge < -0.3 is 10.1 Å². The van der Waals surface area contributed by atoms with Gasteiger partial charge >= 0.3 is 6.09 Å². The molecular weight excluding hydrogens is 318 g/mol. The molecule has 0 radical (unpaired) electrons. The third-order valence-corrected chi connectivity index (χ3v) is 4.99. The number of alkyl carbamates (subject to hydrolysis) is 1. The maximum absolute atomic E-state index is 12.3. The van der Waals surface area contributed by atoms with Crippen molar-refractivity contribution in [2.45, 2.75) is 82.9 Å². The van der Waals surface area contributed by atoms with Gasteiger partial charge in [-0.1, -0.05) is 24.5 Å². The van der Waals surface area contributed by atoms with E-state index in [1.54, 1.807) is 4.68 Å². The molecule has 1 N–H and O–H groups in total. The zero-order chi connectivity index (χ0) is 18.1. The summed E-state index contributed by atoms with van der Waals surface area (Å²) in [5.74, 6) is 0.323. The molecular formula is C18H27N5O2. The largest absolute Gasteiger partial charge is 0.444 e. The lowest BCUT2D eigenvalue weighted by Crippen LogP contribution is -2.38. The number of rotatable bonds is 4. The van der Waals surface area contributed by atoms with Crippen molar-refractivity contribution in [3.63, 3.8) is 0 Å². The third-order valence-electron chi connectivity index (χ3n) is 4.99. The molecule has 1 aromatic rings. The molecule has 136 valence electrons. The number of nitriles is 1. The van der Waals surface area contributed by atoms with Crippen LogP contribution in [0.4, 0.5) is 4.79 Å². The van der Waals surface area contributed by atoms with Gasteiger partial charge in [0.1, 0.15) is 11.3 Å². The number of nitrogens with one attached hydrogen (secondary N) is 1. The number of amides is 1. The van der Waals surface area contributed by atoms with Crippen LogP contribution in [0.1, 0.15) is 77.5 Å². The fourth-order valence-corrected chi connectivity index (χ4v) is 3.47. The lowest BCUT2D eigenvalue weighted by molar-refractivity contribution is 0.0474. The molecule has 0 unspecified atom stereocenters. The van der Waals surface area contributed by atoms with E-state index in [-0.39, 0.29) is 6.04 Å². The molecule has 7 nitrogen and oxygen atoms in total. The van der Waals surface area contributed by atoms with Crippen LogP contribution in [0.2, 0.25) is 0 Å². The zero-order valence-corrected chi connectivity index (χ0v) is 15.3. The molecule has 2 fully saturated rings. The number of nitrogens with zero attached hydrogens (tertiary/aromatic N) is 4. The summed E-state index contributed by atoms with van der Waals surface area (Å²) < 4.78 is 7.09. The molecule has 7 heteroatoms. The summed E-state index contributed by atoms with van der Waals surface area (Å²) in [4.78, 5) is 12.3. The first kappa shape index (κ1) is 17.7. The molecule has 0 saturated heterocycles. The topological polar surface area (TPSA) is 92.8 Å². The van der Waals surface area contributed by atoms with Gasteiger partial charge in [0, 0.05) is 0 Å². The lowest BCUT2D eigenvalue weighted by Gasteiger charge is -2.30. The highest BCUT2D eigenvalue weighted by molar-refractivity contribution is 5.68. The number of hydrogen-bond acceptors (Lipinski definition) is 5. The average Bonchev–Trinajstić information content (AvgIpc) is 3.21. The third kappa shape index (κ3) is 4.12. The quantitative estimate of drug-likeness (QED) is 0.902. The van der Waals surface area contributed by atoms with Gasteiger partial charge in [0.25, 0.3) is 0 Å². The van der Waals surface area contributed by atoms with E-state index in [2.05, 4.69) is 21.7 Å². The van der Waals surface area contributed by atoms with Crippen molar-refractivity contribution in [3.8, 4) is 6.07 Å². The fraction of sp³-hybridized carbons (Fsp3) is 0.778. The van der Waals surface area contributed by atoms with E-state index >= 15 is 0 Å². The first-order valence-electron chi connectivity index (χ1n) is 9.16. The van der Waals surface area contributed by atoms with Crippen LogP contribution < -0.4 is 5.32 Å². The minimum absolute atomic E-state index is 0.224. The van der Waals surface area contributed by atoms with Crippen molar-refractivity contribution >= 4 is 6.09 Å². The normalized spacial score (nSPS) is 21.2. The van der Waals surface area contributed by atoms with E-state index in [9.17, 15) is 10.1 Å². The fourth-order valence-electron chi connectivity index (χ4n) is 3.47. The molecule has 25 heavy (non-hydrogen) atoms. The van der Waals surface area contributed by atoms with E-state index in [0.29, 0.717) is 5.92 Å². The highest BCUT2D eigenvalue weighted by Crippen LogP contribution is 2.42. The van der Waals surface area contributed by atoms with E-state index in [0.717, 1.165) is 44.2 Å². The number of carbonyl (C=O) groups is 1. The van der Waals surface area contributed by atoms with Crippen LogP contribution in [0.3, 0.4) is 0 Å². The predicted octanol–water partition coefficient (Wildman–Crippen LogP) is 3.44. The van der Waals surface area contributed by atoms with Crippen molar-refractivity contribution < 1.29 is 9.53 Å². The Morgan fingerprint density at radius 3 is 2.64 bits per heavy atom. The van der Waals surface area contributed by atoms with Gasteiger partial charge in [-0.2, -0.15) is 5.26 Å². The monoisotopic (exact) mass is 345 g/mol. The van der Waals surface area contributed by atoms with Crippen LogP contribution in [-0.2, 0) is 10.3 Å². The minimum atomic E-state index is -0.544. The highest BCUT2D eigenvalue weighted by atomic mass is 16.6. The van der Waals surface area contributed by atoms with Crippen molar-refractivity contribution in [1.82, 2.24) is 20.3 Å². The Morgan fingerprint density at radius 1 is 1.40 bits per heavy atom. The Bertz CT molecular complexity index is 660. The SMILES string of the molecule is CC(C)(C)OC(=O)N[C@H](c1cn(C2(C#N)CC2)nn1)C1CCCCC1. The Morgan fingerprint density at radius 2 is 2.08 bits per heavy atom. The number of ether oxygens (including phenoxy) is 1. The smallest absolute Gasteiger partial charge is 0.408 e. The molecule has 1 aromatic heterocycles. The molecule has 0 aliphatic heterocycles. The molecule has 2 aliphatic rings. The molecule has 3 rings (SSSR count). The van der Waals surface area contributed by atoms with Crippen molar-refractivity contribution in [2.75, 3.05) is 0 Å².